The van der Waals surface area contributed by atoms with E-state index in [1.165, 1.54) is 12.4 Å². The maximum atomic E-state index is 11.3. The van der Waals surface area contributed by atoms with E-state index < -0.39 is 12.1 Å². The number of esters is 1. The van der Waals surface area contributed by atoms with Crippen LogP contribution in [0.5, 0.6) is 5.75 Å². The van der Waals surface area contributed by atoms with E-state index in [1.54, 1.807) is 13.0 Å². The maximum absolute atomic E-state index is 11.3. The molecule has 1 unspecified atom stereocenters. The molecule has 0 aromatic carbocycles. The van der Waals surface area contributed by atoms with Crippen LogP contribution in [0.3, 0.4) is 0 Å². The molecule has 0 amide bonds. The summed E-state index contributed by atoms with van der Waals surface area (Å²) in [5.41, 5.74) is 0.372. The molecule has 94 valence electrons. The molecule has 0 aliphatic heterocycles. The van der Waals surface area contributed by atoms with Gasteiger partial charge in [-0.05, 0) is 19.4 Å². The average molecular weight is 239 g/mol. The number of carbonyl (C=O) groups excluding carboxylic acids is 1. The van der Waals surface area contributed by atoms with Crippen molar-refractivity contribution in [3.8, 4) is 5.75 Å². The molecule has 1 aromatic rings. The Bertz CT molecular complexity index is 367. The largest absolute Gasteiger partial charge is 0.492 e. The Kier molecular flexibility index (Phi) is 5.42. The number of rotatable bonds is 6. The first-order valence-electron chi connectivity index (χ1n) is 5.61. The van der Waals surface area contributed by atoms with E-state index in [1.807, 2.05) is 6.92 Å². The zero-order valence-electron chi connectivity index (χ0n) is 10.0. The summed E-state index contributed by atoms with van der Waals surface area (Å²) in [5, 5.41) is 9.70. The molecule has 0 aliphatic rings. The van der Waals surface area contributed by atoms with Crippen LogP contribution in [0.1, 0.15) is 31.9 Å². The fourth-order valence-corrected chi connectivity index (χ4v) is 1.24. The second-order valence-corrected chi connectivity index (χ2v) is 3.46. The first kappa shape index (κ1) is 13.4. The summed E-state index contributed by atoms with van der Waals surface area (Å²) >= 11 is 0. The molecule has 5 nitrogen and oxygen atoms in total. The molecule has 17 heavy (non-hydrogen) atoms. The van der Waals surface area contributed by atoms with Gasteiger partial charge in [-0.3, -0.25) is 4.98 Å². The zero-order valence-corrected chi connectivity index (χ0v) is 10.0. The number of aliphatic hydroxyl groups excluding tert-OH is 1. The number of nitrogens with zero attached hydrogens (tertiary/aromatic N) is 1. The Hall–Kier alpha value is -1.62. The number of carbonyl (C=O) groups is 1. The average Bonchev–Trinajstić information content (AvgIpc) is 2.36. The van der Waals surface area contributed by atoms with Crippen LogP contribution in [0.4, 0.5) is 0 Å². The summed E-state index contributed by atoms with van der Waals surface area (Å²) in [6.45, 7) is 4.48. The Labute approximate surface area is 100 Å². The van der Waals surface area contributed by atoms with Gasteiger partial charge in [0.25, 0.3) is 0 Å². The molecule has 1 heterocycles. The lowest BCUT2D eigenvalue weighted by Gasteiger charge is -2.11. The number of aromatic nitrogens is 1. The first-order valence-corrected chi connectivity index (χ1v) is 5.61. The molecule has 0 radical (unpaired) electrons. The maximum Gasteiger partial charge on any atom is 0.339 e. The monoisotopic (exact) mass is 239 g/mol. The first-order chi connectivity index (χ1) is 8.19. The molecular weight excluding hydrogens is 222 g/mol. The lowest BCUT2D eigenvalue weighted by atomic mass is 10.1. The Balaban J connectivity index is 2.72. The zero-order chi connectivity index (χ0) is 12.7. The Morgan fingerprint density at radius 2 is 2.24 bits per heavy atom. The highest BCUT2D eigenvalue weighted by atomic mass is 16.5. The van der Waals surface area contributed by atoms with Gasteiger partial charge in [0.2, 0.25) is 0 Å². The highest BCUT2D eigenvalue weighted by Crippen LogP contribution is 2.18. The van der Waals surface area contributed by atoms with Gasteiger partial charge in [-0.25, -0.2) is 4.79 Å². The molecule has 1 aromatic heterocycles. The smallest absolute Gasteiger partial charge is 0.339 e. The normalized spacial score (nSPS) is 11.9. The Morgan fingerprint density at radius 3 is 2.88 bits per heavy atom. The van der Waals surface area contributed by atoms with E-state index >= 15 is 0 Å². The van der Waals surface area contributed by atoms with E-state index in [0.29, 0.717) is 17.9 Å². The van der Waals surface area contributed by atoms with Crippen LogP contribution in [0.25, 0.3) is 0 Å². The van der Waals surface area contributed by atoms with Gasteiger partial charge in [-0.1, -0.05) is 6.92 Å². The van der Waals surface area contributed by atoms with Gasteiger partial charge >= 0.3 is 5.97 Å². The van der Waals surface area contributed by atoms with Gasteiger partial charge in [0, 0.05) is 11.8 Å². The molecule has 0 saturated carbocycles. The summed E-state index contributed by atoms with van der Waals surface area (Å²) in [6, 6.07) is 1.59. The van der Waals surface area contributed by atoms with Crippen molar-refractivity contribution in [3.05, 3.63) is 24.0 Å². The summed E-state index contributed by atoms with van der Waals surface area (Å²) < 4.78 is 10.1. The van der Waals surface area contributed by atoms with Gasteiger partial charge in [0.15, 0.2) is 6.10 Å². The van der Waals surface area contributed by atoms with Crippen molar-refractivity contribution in [2.75, 3.05) is 13.2 Å². The van der Waals surface area contributed by atoms with Crippen LogP contribution in [-0.4, -0.2) is 29.3 Å². The van der Waals surface area contributed by atoms with Crippen molar-refractivity contribution in [2.24, 2.45) is 0 Å². The van der Waals surface area contributed by atoms with E-state index in [4.69, 9.17) is 9.47 Å². The van der Waals surface area contributed by atoms with Crippen molar-refractivity contribution >= 4 is 5.97 Å². The number of aliphatic hydroxyl groups is 1. The third-order valence-electron chi connectivity index (χ3n) is 2.03. The van der Waals surface area contributed by atoms with Crippen LogP contribution in [-0.2, 0) is 9.53 Å². The van der Waals surface area contributed by atoms with Gasteiger partial charge in [-0.2, -0.15) is 0 Å². The fraction of sp³-hybridized carbons (Fsp3) is 0.500. The van der Waals surface area contributed by atoms with Gasteiger partial charge < -0.3 is 14.6 Å². The van der Waals surface area contributed by atoms with Crippen LogP contribution in [0, 0.1) is 0 Å². The summed E-state index contributed by atoms with van der Waals surface area (Å²) in [5.74, 6) is -0.144. The fourth-order valence-electron chi connectivity index (χ4n) is 1.24. The van der Waals surface area contributed by atoms with Crippen LogP contribution in [0.2, 0.25) is 0 Å². The van der Waals surface area contributed by atoms with E-state index in [-0.39, 0.29) is 6.61 Å². The highest BCUT2D eigenvalue weighted by Gasteiger charge is 2.19. The number of hydrogen-bond donors (Lipinski definition) is 1. The topological polar surface area (TPSA) is 68.7 Å². The van der Waals surface area contributed by atoms with Crippen LogP contribution < -0.4 is 4.74 Å². The molecule has 5 heteroatoms. The second kappa shape index (κ2) is 6.85. The third kappa shape index (κ3) is 4.03. The molecule has 1 N–H and O–H groups in total. The summed E-state index contributed by atoms with van der Waals surface area (Å²) in [4.78, 5) is 15.2. The summed E-state index contributed by atoms with van der Waals surface area (Å²) in [7, 11) is 0. The lowest BCUT2D eigenvalue weighted by Crippen LogP contribution is -2.15. The predicted octanol–water partition coefficient (Wildman–Crippen LogP) is 1.47. The molecule has 1 rings (SSSR count). The minimum atomic E-state index is -1.31. The van der Waals surface area contributed by atoms with Crippen LogP contribution in [0.15, 0.2) is 18.5 Å². The number of pyridine rings is 1. The van der Waals surface area contributed by atoms with Gasteiger partial charge in [-0.15, -0.1) is 0 Å². The van der Waals surface area contributed by atoms with E-state index in [0.717, 1.165) is 6.42 Å². The molecular formula is C12H17NO4. The highest BCUT2D eigenvalue weighted by molar-refractivity contribution is 5.76. The number of hydrogen-bond acceptors (Lipinski definition) is 5. The van der Waals surface area contributed by atoms with Crippen molar-refractivity contribution in [2.45, 2.75) is 26.4 Å². The third-order valence-corrected chi connectivity index (χ3v) is 2.03. The number of ether oxygens (including phenoxy) is 2. The van der Waals surface area contributed by atoms with E-state index in [9.17, 15) is 9.90 Å². The SMILES string of the molecule is CCCOc1cncc(C(O)C(=O)OCC)c1. The Morgan fingerprint density at radius 1 is 1.47 bits per heavy atom. The minimum absolute atomic E-state index is 0.231. The minimum Gasteiger partial charge on any atom is -0.492 e. The molecule has 0 aliphatic carbocycles. The standard InChI is InChI=1S/C12H17NO4/c1-3-5-17-10-6-9(7-13-8-10)11(14)12(15)16-4-2/h6-8,11,14H,3-5H2,1-2H3. The molecule has 0 saturated heterocycles. The van der Waals surface area contributed by atoms with Crippen molar-refractivity contribution in [1.29, 1.82) is 0 Å². The van der Waals surface area contributed by atoms with Crippen molar-refractivity contribution in [3.63, 3.8) is 0 Å². The van der Waals surface area contributed by atoms with Crippen LogP contribution >= 0.6 is 0 Å². The lowest BCUT2D eigenvalue weighted by molar-refractivity contribution is -0.153. The van der Waals surface area contributed by atoms with Crippen molar-refractivity contribution < 1.29 is 19.4 Å². The second-order valence-electron chi connectivity index (χ2n) is 3.46. The van der Waals surface area contributed by atoms with Crippen molar-refractivity contribution in [1.82, 2.24) is 4.98 Å². The molecule has 0 spiro atoms. The summed E-state index contributed by atoms with van der Waals surface area (Å²) in [6.07, 6.45) is 2.52. The van der Waals surface area contributed by atoms with Gasteiger partial charge in [0.05, 0.1) is 19.4 Å². The molecule has 0 bridgehead atoms. The molecule has 0 fully saturated rings. The quantitative estimate of drug-likeness (QED) is 0.761. The molecule has 1 atom stereocenters. The van der Waals surface area contributed by atoms with E-state index in [2.05, 4.69) is 4.98 Å². The van der Waals surface area contributed by atoms with Gasteiger partial charge in [0.1, 0.15) is 5.75 Å². The predicted molar refractivity (Wildman–Crippen MR) is 61.6 cm³/mol.